The fourth-order valence-corrected chi connectivity index (χ4v) is 7.14. The van der Waals surface area contributed by atoms with Crippen molar-refractivity contribution in [2.45, 2.75) is 63.6 Å². The van der Waals surface area contributed by atoms with E-state index in [1.165, 1.54) is 27.8 Å². The lowest BCUT2D eigenvalue weighted by Crippen LogP contribution is -2.48. The van der Waals surface area contributed by atoms with Gasteiger partial charge in [-0.15, -0.1) is 0 Å². The standard InChI is InChI=1S/C41H48N2O6/c1-47-23-9-18-34-14-5-6-15-37(34)27-41(20-21-41)30-48-39-28-42(40(44)25-31-10-7-11-32(24-31)29-49-43(45)46)22-19-38(39)36-17-8-16-35(26-36)33-12-3-2-4-13-33/h2-8,10-17,24,26,38-39,45-46H,9,18-23,25,27-30H2,1H3/t38-,39?/m1/s1. The van der Waals surface area contributed by atoms with Crippen LogP contribution in [0.4, 0.5) is 0 Å². The smallest absolute Gasteiger partial charge is 0.227 e. The van der Waals surface area contributed by atoms with Crippen LogP contribution in [-0.2, 0) is 45.0 Å². The molecule has 1 amide bonds. The minimum Gasteiger partial charge on any atom is -0.385 e. The second-order valence-electron chi connectivity index (χ2n) is 13.6. The first-order chi connectivity index (χ1) is 23.9. The summed E-state index contributed by atoms with van der Waals surface area (Å²) in [6.07, 6.45) is 6.26. The van der Waals surface area contributed by atoms with Crippen molar-refractivity contribution >= 4 is 5.91 Å². The fraction of sp³-hybridized carbons (Fsp3) is 0.390. The van der Waals surface area contributed by atoms with E-state index in [1.807, 2.05) is 35.2 Å². The van der Waals surface area contributed by atoms with Crippen molar-refractivity contribution < 1.29 is 29.5 Å². The summed E-state index contributed by atoms with van der Waals surface area (Å²) in [7, 11) is 1.76. The van der Waals surface area contributed by atoms with Gasteiger partial charge in [0, 0.05) is 32.7 Å². The molecule has 2 fully saturated rings. The zero-order valence-corrected chi connectivity index (χ0v) is 28.4. The van der Waals surface area contributed by atoms with Gasteiger partial charge in [0.1, 0.15) is 0 Å². The number of hydrogen-bond donors (Lipinski definition) is 2. The van der Waals surface area contributed by atoms with Gasteiger partial charge in [0.2, 0.25) is 5.91 Å². The normalized spacial score (nSPS) is 18.5. The monoisotopic (exact) mass is 664 g/mol. The molecule has 1 saturated carbocycles. The highest BCUT2D eigenvalue weighted by atomic mass is 17.1. The molecule has 0 aromatic heterocycles. The Morgan fingerprint density at radius 3 is 2.39 bits per heavy atom. The van der Waals surface area contributed by atoms with E-state index in [2.05, 4.69) is 72.8 Å². The van der Waals surface area contributed by atoms with Gasteiger partial charge in [0.05, 0.1) is 31.1 Å². The number of ether oxygens (including phenoxy) is 2. The number of rotatable bonds is 16. The van der Waals surface area contributed by atoms with Gasteiger partial charge in [-0.05, 0) is 82.9 Å². The highest BCUT2D eigenvalue weighted by Crippen LogP contribution is 2.50. The highest BCUT2D eigenvalue weighted by molar-refractivity contribution is 5.79. The van der Waals surface area contributed by atoms with Gasteiger partial charge in [0.25, 0.3) is 0 Å². The lowest BCUT2D eigenvalue weighted by atomic mass is 9.85. The summed E-state index contributed by atoms with van der Waals surface area (Å²) < 4.78 is 12.3. The Labute approximate surface area is 289 Å². The molecule has 4 aromatic rings. The second kappa shape index (κ2) is 16.7. The first-order valence-electron chi connectivity index (χ1n) is 17.4. The van der Waals surface area contributed by atoms with Crippen LogP contribution in [0.5, 0.6) is 0 Å². The van der Waals surface area contributed by atoms with Gasteiger partial charge in [-0.2, -0.15) is 0 Å². The van der Waals surface area contributed by atoms with E-state index in [9.17, 15) is 4.79 Å². The van der Waals surface area contributed by atoms with Gasteiger partial charge >= 0.3 is 0 Å². The molecule has 1 heterocycles. The molecule has 0 radical (unpaired) electrons. The maximum Gasteiger partial charge on any atom is 0.227 e. The molecule has 2 atom stereocenters. The molecule has 1 aliphatic carbocycles. The lowest BCUT2D eigenvalue weighted by Gasteiger charge is -2.39. The van der Waals surface area contributed by atoms with Crippen LogP contribution in [0.1, 0.15) is 59.4 Å². The maximum atomic E-state index is 13.7. The SMILES string of the molecule is COCCCc1ccccc1CC1(COC2CN(C(=O)Cc3cccc(CON(O)O)c3)CC[C@@H]2c2cccc(-c3ccccc3)c2)CC1. The van der Waals surface area contributed by atoms with Crippen LogP contribution in [0.3, 0.4) is 0 Å². The summed E-state index contributed by atoms with van der Waals surface area (Å²) in [6.45, 7) is 2.62. The number of aryl methyl sites for hydroxylation is 1. The molecule has 8 heteroatoms. The molecule has 2 aliphatic rings. The lowest BCUT2D eigenvalue weighted by molar-refractivity contribution is -0.497. The molecule has 49 heavy (non-hydrogen) atoms. The molecule has 4 aromatic carbocycles. The van der Waals surface area contributed by atoms with Crippen molar-refractivity contribution in [3.05, 3.63) is 131 Å². The van der Waals surface area contributed by atoms with Gasteiger partial charge < -0.3 is 14.4 Å². The molecule has 1 unspecified atom stereocenters. The molecule has 1 aliphatic heterocycles. The molecule has 1 saturated heterocycles. The number of carbonyl (C=O) groups excluding carboxylic acids is 1. The minimum atomic E-state index is -0.300. The Balaban J connectivity index is 1.18. The van der Waals surface area contributed by atoms with Gasteiger partial charge in [-0.1, -0.05) is 103 Å². The number of likely N-dealkylation sites (tertiary alicyclic amines) is 1. The topological polar surface area (TPSA) is 91.7 Å². The summed E-state index contributed by atoms with van der Waals surface area (Å²) in [4.78, 5) is 20.4. The van der Waals surface area contributed by atoms with Crippen molar-refractivity contribution in [2.24, 2.45) is 5.41 Å². The number of nitrogens with zero attached hydrogens (tertiary/aromatic N) is 2. The maximum absolute atomic E-state index is 13.7. The van der Waals surface area contributed by atoms with E-state index in [4.69, 9.17) is 24.7 Å². The van der Waals surface area contributed by atoms with Crippen molar-refractivity contribution in [3.8, 4) is 11.1 Å². The van der Waals surface area contributed by atoms with Crippen molar-refractivity contribution in [1.29, 1.82) is 0 Å². The van der Waals surface area contributed by atoms with Crippen LogP contribution in [0, 0.1) is 5.41 Å². The predicted octanol–water partition coefficient (Wildman–Crippen LogP) is 7.41. The molecular formula is C41H48N2O6. The predicted molar refractivity (Wildman–Crippen MR) is 188 cm³/mol. The summed E-state index contributed by atoms with van der Waals surface area (Å²) in [5.41, 5.74) is 8.16. The third kappa shape index (κ3) is 9.63. The van der Waals surface area contributed by atoms with Gasteiger partial charge in [-0.25, -0.2) is 4.84 Å². The zero-order chi connectivity index (χ0) is 34.1. The van der Waals surface area contributed by atoms with Crippen LogP contribution < -0.4 is 0 Å². The van der Waals surface area contributed by atoms with E-state index >= 15 is 0 Å². The van der Waals surface area contributed by atoms with E-state index in [-0.39, 0.29) is 41.8 Å². The quantitative estimate of drug-likeness (QED) is 0.0952. The average Bonchev–Trinajstić information content (AvgIpc) is 3.90. The third-order valence-corrected chi connectivity index (χ3v) is 10.1. The van der Waals surface area contributed by atoms with Crippen LogP contribution >= 0.6 is 0 Å². The van der Waals surface area contributed by atoms with Gasteiger partial charge in [-0.3, -0.25) is 15.2 Å². The van der Waals surface area contributed by atoms with Crippen LogP contribution in [-0.4, -0.2) is 66.1 Å². The Hall–Kier alpha value is -3.89. The number of carbonyl (C=O) groups is 1. The molecule has 0 spiro atoms. The number of methoxy groups -OCH3 is 1. The molecule has 2 N–H and O–H groups in total. The van der Waals surface area contributed by atoms with E-state index in [0.29, 0.717) is 19.7 Å². The third-order valence-electron chi connectivity index (χ3n) is 10.1. The average molecular weight is 665 g/mol. The Kier molecular flexibility index (Phi) is 11.9. The Morgan fingerprint density at radius 2 is 1.61 bits per heavy atom. The second-order valence-corrected chi connectivity index (χ2v) is 13.6. The molecule has 258 valence electrons. The molecular weight excluding hydrogens is 616 g/mol. The number of hydrogen-bond acceptors (Lipinski definition) is 7. The van der Waals surface area contributed by atoms with Crippen molar-refractivity contribution in [2.75, 3.05) is 33.4 Å². The van der Waals surface area contributed by atoms with E-state index in [1.54, 1.807) is 7.11 Å². The van der Waals surface area contributed by atoms with Crippen molar-refractivity contribution in [3.63, 3.8) is 0 Å². The first kappa shape index (κ1) is 35.0. The first-order valence-corrected chi connectivity index (χ1v) is 17.4. The van der Waals surface area contributed by atoms with Crippen molar-refractivity contribution in [1.82, 2.24) is 10.3 Å². The summed E-state index contributed by atoms with van der Waals surface area (Å²) in [5, 5.41) is 17.5. The highest BCUT2D eigenvalue weighted by Gasteiger charge is 2.45. The van der Waals surface area contributed by atoms with Crippen LogP contribution in [0.15, 0.2) is 103 Å². The van der Waals surface area contributed by atoms with E-state index in [0.717, 1.165) is 56.3 Å². The van der Waals surface area contributed by atoms with Crippen LogP contribution in [0.25, 0.3) is 11.1 Å². The summed E-state index contributed by atoms with van der Waals surface area (Å²) >= 11 is 0. The summed E-state index contributed by atoms with van der Waals surface area (Å²) in [6, 6.07) is 35.5. The minimum absolute atomic E-state index is 0.0161. The van der Waals surface area contributed by atoms with E-state index < -0.39 is 0 Å². The van der Waals surface area contributed by atoms with Crippen LogP contribution in [0.2, 0.25) is 0 Å². The zero-order valence-electron chi connectivity index (χ0n) is 28.4. The summed E-state index contributed by atoms with van der Waals surface area (Å²) in [5.74, 6) is 0.227. The number of piperidine rings is 1. The Morgan fingerprint density at radius 1 is 0.878 bits per heavy atom. The number of benzene rings is 4. The largest absolute Gasteiger partial charge is 0.385 e. The molecule has 0 bridgehead atoms. The Bertz CT molecular complexity index is 1660. The molecule has 8 nitrogen and oxygen atoms in total. The molecule has 6 rings (SSSR count). The van der Waals surface area contributed by atoms with Gasteiger partial charge in [0.15, 0.2) is 0 Å². The fourth-order valence-electron chi connectivity index (χ4n) is 7.14. The number of amides is 1.